The highest BCUT2D eigenvalue weighted by Gasteiger charge is 2.34. The maximum Gasteiger partial charge on any atom is 0.257 e. The number of nitrogens with zero attached hydrogens (tertiary/aromatic N) is 2. The fraction of sp³-hybridized carbons (Fsp3) is 0.435. The molecule has 2 N–H and O–H groups in total. The summed E-state index contributed by atoms with van der Waals surface area (Å²) in [7, 11) is -3.72. The van der Waals surface area contributed by atoms with E-state index in [2.05, 4.69) is 37.6 Å². The Labute approximate surface area is 208 Å². The van der Waals surface area contributed by atoms with Gasteiger partial charge in [-0.05, 0) is 93.0 Å². The second-order valence-electron chi connectivity index (χ2n) is 9.17. The molecule has 178 valence electrons. The summed E-state index contributed by atoms with van der Waals surface area (Å²) >= 11 is 2.23. The number of carbonyl (C=O) groups excluding carboxylic acids is 2. The number of rotatable bonds is 5. The Hall–Kier alpha value is -2.21. The molecule has 0 atom stereocenters. The van der Waals surface area contributed by atoms with Crippen molar-refractivity contribution in [3.63, 3.8) is 0 Å². The highest BCUT2D eigenvalue weighted by Crippen LogP contribution is 2.24. The molecule has 2 amide bonds. The van der Waals surface area contributed by atoms with Gasteiger partial charge in [0, 0.05) is 34.5 Å². The normalized spacial score (nSPS) is 15.2. The second-order valence-corrected chi connectivity index (χ2v) is 12.8. The Balaban J connectivity index is 1.56. The fourth-order valence-corrected chi connectivity index (χ4v) is 4.57. The van der Waals surface area contributed by atoms with Crippen LogP contribution in [0.4, 0.5) is 11.5 Å². The number of benzene rings is 1. The first-order valence-corrected chi connectivity index (χ1v) is 13.3. The number of carbonyl (C=O) groups is 2. The number of nitrogens with one attached hydrogen (secondary N) is 2. The maximum atomic E-state index is 12.5. The molecule has 1 saturated heterocycles. The number of amides is 2. The van der Waals surface area contributed by atoms with E-state index in [-0.39, 0.29) is 11.8 Å². The predicted octanol–water partition coefficient (Wildman–Crippen LogP) is 3.71. The second kappa shape index (κ2) is 9.96. The van der Waals surface area contributed by atoms with Crippen molar-refractivity contribution in [3.05, 3.63) is 51.2 Å². The van der Waals surface area contributed by atoms with Crippen LogP contribution in [0.1, 0.15) is 49.5 Å². The molecular formula is C23H29IN4O4S. The number of aryl methyl sites for hydroxylation is 1. The number of anilines is 2. The molecule has 10 heteroatoms. The number of sulfonamides is 1. The number of hydrogen-bond donors (Lipinski definition) is 2. The minimum absolute atomic E-state index is 0.232. The van der Waals surface area contributed by atoms with Gasteiger partial charge in [-0.1, -0.05) is 6.07 Å². The molecule has 1 aromatic heterocycles. The molecule has 0 saturated carbocycles. The van der Waals surface area contributed by atoms with Gasteiger partial charge in [0.25, 0.3) is 5.91 Å². The molecule has 0 bridgehead atoms. The van der Waals surface area contributed by atoms with E-state index >= 15 is 0 Å². The highest BCUT2D eigenvalue weighted by molar-refractivity contribution is 14.1. The molecule has 0 spiro atoms. The van der Waals surface area contributed by atoms with Gasteiger partial charge in [-0.3, -0.25) is 14.3 Å². The van der Waals surface area contributed by atoms with Crippen molar-refractivity contribution in [3.8, 4) is 0 Å². The average molecular weight is 584 g/mol. The van der Waals surface area contributed by atoms with Gasteiger partial charge in [0.1, 0.15) is 5.82 Å². The number of hydrogen-bond acceptors (Lipinski definition) is 6. The van der Waals surface area contributed by atoms with Gasteiger partial charge < -0.3 is 10.2 Å². The summed E-state index contributed by atoms with van der Waals surface area (Å²) < 4.78 is 26.7. The van der Waals surface area contributed by atoms with Gasteiger partial charge in [0.2, 0.25) is 15.9 Å². The molecule has 3 rings (SSSR count). The van der Waals surface area contributed by atoms with Crippen LogP contribution >= 0.6 is 22.6 Å². The summed E-state index contributed by atoms with van der Waals surface area (Å²) in [5.41, 5.74) is 2.33. The highest BCUT2D eigenvalue weighted by atomic mass is 127. The summed E-state index contributed by atoms with van der Waals surface area (Å²) in [5.74, 6) is -0.321. The van der Waals surface area contributed by atoms with Crippen LogP contribution in [-0.2, 0) is 14.8 Å². The zero-order valence-corrected chi connectivity index (χ0v) is 22.2. The lowest BCUT2D eigenvalue weighted by Crippen LogP contribution is -2.47. The standard InChI is InChI=1S/C23H29IN4O4S/c1-15-5-7-18(13-19(15)24)26-21(29)17-6-8-20(25-14-17)28-11-9-16(10-12-28)22(30)27-33(31,32)23(2,3)4/h5-8,13-14,16H,9-12H2,1-4H3,(H,26,29)(H,27,30). The Morgan fingerprint density at radius 3 is 2.33 bits per heavy atom. The molecule has 2 aromatic rings. The number of pyridine rings is 1. The molecule has 1 aromatic carbocycles. The first kappa shape index (κ1) is 25.4. The van der Waals surface area contributed by atoms with Crippen LogP contribution in [0.3, 0.4) is 0 Å². The lowest BCUT2D eigenvalue weighted by molar-refractivity contribution is -0.123. The van der Waals surface area contributed by atoms with E-state index in [1.54, 1.807) is 39.1 Å². The van der Waals surface area contributed by atoms with Gasteiger partial charge in [-0.25, -0.2) is 13.4 Å². The summed E-state index contributed by atoms with van der Waals surface area (Å²) in [6.45, 7) is 7.84. The van der Waals surface area contributed by atoms with Crippen molar-refractivity contribution in [2.75, 3.05) is 23.3 Å². The molecular weight excluding hydrogens is 555 g/mol. The molecule has 2 heterocycles. The van der Waals surface area contributed by atoms with Gasteiger partial charge in [0.15, 0.2) is 0 Å². The van der Waals surface area contributed by atoms with Crippen LogP contribution in [-0.4, -0.2) is 43.1 Å². The molecule has 1 aliphatic heterocycles. The largest absolute Gasteiger partial charge is 0.357 e. The van der Waals surface area contributed by atoms with Crippen LogP contribution in [0.25, 0.3) is 0 Å². The lowest BCUT2D eigenvalue weighted by atomic mass is 9.96. The molecule has 8 nitrogen and oxygen atoms in total. The van der Waals surface area contributed by atoms with Crippen molar-refractivity contribution < 1.29 is 18.0 Å². The van der Waals surface area contributed by atoms with E-state index in [4.69, 9.17) is 0 Å². The third-order valence-corrected chi connectivity index (χ3v) is 8.92. The minimum atomic E-state index is -3.72. The Morgan fingerprint density at radius 1 is 1.12 bits per heavy atom. The van der Waals surface area contributed by atoms with Crippen molar-refractivity contribution in [1.82, 2.24) is 9.71 Å². The maximum absolute atomic E-state index is 12.5. The predicted molar refractivity (Wildman–Crippen MR) is 138 cm³/mol. The lowest BCUT2D eigenvalue weighted by Gasteiger charge is -2.32. The van der Waals surface area contributed by atoms with Crippen molar-refractivity contribution in [2.24, 2.45) is 5.92 Å². The first-order chi connectivity index (χ1) is 15.4. The van der Waals surface area contributed by atoms with E-state index in [0.29, 0.717) is 31.5 Å². The molecule has 1 aliphatic rings. The van der Waals surface area contributed by atoms with E-state index in [0.717, 1.165) is 20.6 Å². The monoisotopic (exact) mass is 584 g/mol. The summed E-state index contributed by atoms with van der Waals surface area (Å²) in [5, 5.41) is 2.88. The van der Waals surface area contributed by atoms with Crippen LogP contribution in [0, 0.1) is 16.4 Å². The number of halogens is 1. The molecule has 0 unspecified atom stereocenters. The van der Waals surface area contributed by atoms with Crippen LogP contribution in [0.15, 0.2) is 36.5 Å². The number of piperidine rings is 1. The smallest absolute Gasteiger partial charge is 0.257 e. The SMILES string of the molecule is Cc1ccc(NC(=O)c2ccc(N3CCC(C(=O)NS(=O)(=O)C(C)(C)C)CC3)nc2)cc1I. The Bertz CT molecular complexity index is 1140. The van der Waals surface area contributed by atoms with E-state index in [9.17, 15) is 18.0 Å². The van der Waals surface area contributed by atoms with Gasteiger partial charge >= 0.3 is 0 Å². The van der Waals surface area contributed by atoms with E-state index in [1.807, 2.05) is 30.0 Å². The molecule has 33 heavy (non-hydrogen) atoms. The van der Waals surface area contributed by atoms with Crippen molar-refractivity contribution in [1.29, 1.82) is 0 Å². The van der Waals surface area contributed by atoms with Gasteiger partial charge in [-0.15, -0.1) is 0 Å². The molecule has 0 radical (unpaired) electrons. The fourth-order valence-electron chi connectivity index (χ4n) is 3.32. The average Bonchev–Trinajstić information content (AvgIpc) is 2.75. The number of aromatic nitrogens is 1. The summed E-state index contributed by atoms with van der Waals surface area (Å²) in [6.07, 6.45) is 2.60. The van der Waals surface area contributed by atoms with Gasteiger partial charge in [0.05, 0.1) is 10.3 Å². The third kappa shape index (κ3) is 6.23. The summed E-state index contributed by atoms with van der Waals surface area (Å²) in [4.78, 5) is 31.4. The van der Waals surface area contributed by atoms with Crippen LogP contribution in [0.5, 0.6) is 0 Å². The van der Waals surface area contributed by atoms with Crippen LogP contribution < -0.4 is 14.9 Å². The molecule has 0 aliphatic carbocycles. The summed E-state index contributed by atoms with van der Waals surface area (Å²) in [6, 6.07) is 9.26. The zero-order chi connectivity index (χ0) is 24.4. The topological polar surface area (TPSA) is 108 Å². The van der Waals surface area contributed by atoms with Gasteiger partial charge in [-0.2, -0.15) is 0 Å². The van der Waals surface area contributed by atoms with Crippen molar-refractivity contribution in [2.45, 2.75) is 45.3 Å². The third-order valence-electron chi connectivity index (χ3n) is 5.67. The quantitative estimate of drug-likeness (QED) is 0.519. The van der Waals surface area contributed by atoms with Crippen LogP contribution in [0.2, 0.25) is 0 Å². The minimum Gasteiger partial charge on any atom is -0.357 e. The Morgan fingerprint density at radius 2 is 1.79 bits per heavy atom. The first-order valence-electron chi connectivity index (χ1n) is 10.7. The Kier molecular flexibility index (Phi) is 7.67. The zero-order valence-electron chi connectivity index (χ0n) is 19.2. The molecule has 1 fully saturated rings. The van der Waals surface area contributed by atoms with Crippen molar-refractivity contribution >= 4 is 55.9 Å². The van der Waals surface area contributed by atoms with E-state index in [1.165, 1.54) is 0 Å². The van der Waals surface area contributed by atoms with E-state index < -0.39 is 20.7 Å².